The van der Waals surface area contributed by atoms with E-state index in [4.69, 9.17) is 4.74 Å². The van der Waals surface area contributed by atoms with Crippen LogP contribution >= 0.6 is 0 Å². The van der Waals surface area contributed by atoms with Crippen molar-refractivity contribution in [3.8, 4) is 5.75 Å². The molecule has 3 rings (SSSR count). The van der Waals surface area contributed by atoms with Crippen LogP contribution in [0.2, 0.25) is 0 Å². The van der Waals surface area contributed by atoms with E-state index in [0.717, 1.165) is 12.1 Å². The Morgan fingerprint density at radius 3 is 2.48 bits per heavy atom. The number of halogens is 3. The maximum absolute atomic E-state index is 13.2. The van der Waals surface area contributed by atoms with Crippen LogP contribution in [0.25, 0.3) is 0 Å². The summed E-state index contributed by atoms with van der Waals surface area (Å²) in [6, 6.07) is 11.7. The zero-order valence-electron chi connectivity index (χ0n) is 17.6. The van der Waals surface area contributed by atoms with Crippen LogP contribution in [0.1, 0.15) is 34.3 Å². The molecule has 1 aliphatic heterocycles. The van der Waals surface area contributed by atoms with Crippen LogP contribution in [-0.2, 0) is 11.0 Å². The van der Waals surface area contributed by atoms with Gasteiger partial charge in [0.2, 0.25) is 5.91 Å². The second-order valence-corrected chi connectivity index (χ2v) is 7.63. The molecule has 2 unspecified atom stereocenters. The Balaban J connectivity index is 1.94. The molecule has 1 fully saturated rings. The number of rotatable bonds is 5. The minimum absolute atomic E-state index is 0.139. The van der Waals surface area contributed by atoms with Gasteiger partial charge in [0, 0.05) is 38.2 Å². The lowest BCUT2D eigenvalue weighted by molar-refractivity contribution is -0.137. The van der Waals surface area contributed by atoms with Gasteiger partial charge in [-0.1, -0.05) is 24.3 Å². The van der Waals surface area contributed by atoms with Crippen molar-refractivity contribution in [1.82, 2.24) is 9.80 Å². The molecule has 2 aromatic carbocycles. The van der Waals surface area contributed by atoms with E-state index in [1.807, 2.05) is 6.92 Å². The van der Waals surface area contributed by atoms with E-state index < -0.39 is 23.6 Å². The van der Waals surface area contributed by atoms with Gasteiger partial charge in [-0.15, -0.1) is 0 Å². The minimum atomic E-state index is -4.48. The van der Waals surface area contributed by atoms with Crippen LogP contribution in [0.15, 0.2) is 48.5 Å². The van der Waals surface area contributed by atoms with Crippen molar-refractivity contribution in [3.05, 3.63) is 65.2 Å². The summed E-state index contributed by atoms with van der Waals surface area (Å²) in [5.41, 5.74) is 0.0373. The lowest BCUT2D eigenvalue weighted by Crippen LogP contribution is -2.37. The largest absolute Gasteiger partial charge is 0.497 e. The van der Waals surface area contributed by atoms with Gasteiger partial charge in [-0.25, -0.2) is 0 Å². The predicted octanol–water partition coefficient (Wildman–Crippen LogP) is 4.05. The molecule has 1 heterocycles. The highest BCUT2D eigenvalue weighted by Crippen LogP contribution is 2.37. The van der Waals surface area contributed by atoms with E-state index >= 15 is 0 Å². The number of carbonyl (C=O) groups is 2. The summed E-state index contributed by atoms with van der Waals surface area (Å²) in [5.74, 6) is -1.10. The molecule has 5 nitrogen and oxygen atoms in total. The molecule has 1 aliphatic rings. The van der Waals surface area contributed by atoms with Crippen molar-refractivity contribution in [1.29, 1.82) is 0 Å². The molecule has 0 saturated carbocycles. The number of carbonyl (C=O) groups excluding carboxylic acids is 2. The van der Waals surface area contributed by atoms with E-state index in [1.165, 1.54) is 23.0 Å². The van der Waals surface area contributed by atoms with E-state index in [2.05, 4.69) is 0 Å². The van der Waals surface area contributed by atoms with Gasteiger partial charge in [0.15, 0.2) is 0 Å². The minimum Gasteiger partial charge on any atom is -0.497 e. The fourth-order valence-corrected chi connectivity index (χ4v) is 3.88. The summed E-state index contributed by atoms with van der Waals surface area (Å²) in [7, 11) is 3.15. The molecular weight excluding hydrogens is 409 g/mol. The van der Waals surface area contributed by atoms with Crippen LogP contribution in [0.3, 0.4) is 0 Å². The molecule has 166 valence electrons. The average molecular weight is 434 g/mol. The molecule has 0 radical (unpaired) electrons. The Labute approximate surface area is 179 Å². The van der Waals surface area contributed by atoms with Crippen molar-refractivity contribution in [2.24, 2.45) is 5.92 Å². The van der Waals surface area contributed by atoms with Crippen LogP contribution in [0, 0.1) is 5.92 Å². The molecule has 8 heteroatoms. The highest BCUT2D eigenvalue weighted by Gasteiger charge is 2.42. The number of alkyl halides is 3. The SMILES string of the molecule is CCN(C)C(=O)C1CN(C(=O)c2cccc(OC)c2)CC1c1cccc(C(F)(F)F)c1. The second-order valence-electron chi connectivity index (χ2n) is 7.63. The summed E-state index contributed by atoms with van der Waals surface area (Å²) in [6.07, 6.45) is -4.48. The monoisotopic (exact) mass is 434 g/mol. The topological polar surface area (TPSA) is 49.9 Å². The number of hydrogen-bond acceptors (Lipinski definition) is 3. The molecule has 31 heavy (non-hydrogen) atoms. The molecule has 2 amide bonds. The summed E-state index contributed by atoms with van der Waals surface area (Å²) in [6.45, 7) is 2.59. The first-order valence-electron chi connectivity index (χ1n) is 10.0. The predicted molar refractivity (Wildman–Crippen MR) is 110 cm³/mol. The first-order valence-corrected chi connectivity index (χ1v) is 10.0. The van der Waals surface area contributed by atoms with Crippen molar-refractivity contribution >= 4 is 11.8 Å². The number of benzene rings is 2. The van der Waals surface area contributed by atoms with Crippen LogP contribution in [0.5, 0.6) is 5.75 Å². The van der Waals surface area contributed by atoms with Crippen molar-refractivity contribution in [2.45, 2.75) is 19.0 Å². The van der Waals surface area contributed by atoms with Crippen LogP contribution in [0.4, 0.5) is 13.2 Å². The Hall–Kier alpha value is -3.03. The smallest absolute Gasteiger partial charge is 0.416 e. The van der Waals surface area contributed by atoms with Gasteiger partial charge < -0.3 is 14.5 Å². The van der Waals surface area contributed by atoms with Crippen molar-refractivity contribution < 1.29 is 27.5 Å². The summed E-state index contributed by atoms with van der Waals surface area (Å²) >= 11 is 0. The molecule has 0 N–H and O–H groups in total. The molecule has 0 bridgehead atoms. The maximum Gasteiger partial charge on any atom is 0.416 e. The van der Waals surface area contributed by atoms with E-state index in [9.17, 15) is 22.8 Å². The fourth-order valence-electron chi connectivity index (χ4n) is 3.88. The third-order valence-electron chi connectivity index (χ3n) is 5.73. The normalized spacial score (nSPS) is 18.7. The van der Waals surface area contributed by atoms with Gasteiger partial charge in [0.25, 0.3) is 5.91 Å². The van der Waals surface area contributed by atoms with Crippen molar-refractivity contribution in [3.63, 3.8) is 0 Å². The lowest BCUT2D eigenvalue weighted by atomic mass is 9.87. The quantitative estimate of drug-likeness (QED) is 0.714. The lowest BCUT2D eigenvalue weighted by Gasteiger charge is -2.23. The Bertz CT molecular complexity index is 961. The first kappa shape index (κ1) is 22.7. The average Bonchev–Trinajstić information content (AvgIpc) is 3.22. The van der Waals surface area contributed by atoms with Gasteiger partial charge in [-0.2, -0.15) is 13.2 Å². The van der Waals surface area contributed by atoms with Gasteiger partial charge in [0.1, 0.15) is 5.75 Å². The van der Waals surface area contributed by atoms with Gasteiger partial charge in [0.05, 0.1) is 18.6 Å². The molecular formula is C23H25F3N2O3. The summed E-state index contributed by atoms with van der Waals surface area (Å²) < 4.78 is 44.9. The third-order valence-corrected chi connectivity index (χ3v) is 5.73. The third kappa shape index (κ3) is 4.84. The van der Waals surface area contributed by atoms with Crippen LogP contribution < -0.4 is 4.74 Å². The maximum atomic E-state index is 13.2. The Kier molecular flexibility index (Phi) is 6.57. The number of hydrogen-bond donors (Lipinski definition) is 0. The van der Waals surface area contributed by atoms with Gasteiger partial charge in [-0.3, -0.25) is 9.59 Å². The molecule has 1 saturated heterocycles. The van der Waals surface area contributed by atoms with E-state index in [1.54, 1.807) is 37.4 Å². The zero-order chi connectivity index (χ0) is 22.8. The molecule has 2 atom stereocenters. The standard InChI is InChI=1S/C23H25F3N2O3/c1-4-27(2)22(30)20-14-28(21(29)16-8-6-10-18(12-16)31-3)13-19(20)15-7-5-9-17(11-15)23(24,25)26/h5-12,19-20H,4,13-14H2,1-3H3. The molecule has 0 aliphatic carbocycles. The first-order chi connectivity index (χ1) is 14.7. The van der Waals surface area contributed by atoms with Gasteiger partial charge >= 0.3 is 6.18 Å². The fraction of sp³-hybridized carbons (Fsp3) is 0.391. The molecule has 0 aromatic heterocycles. The number of likely N-dealkylation sites (tertiary alicyclic amines) is 1. The van der Waals surface area contributed by atoms with E-state index in [0.29, 0.717) is 23.4 Å². The number of nitrogens with zero attached hydrogens (tertiary/aromatic N) is 2. The van der Waals surface area contributed by atoms with Crippen LogP contribution in [-0.4, -0.2) is 55.4 Å². The Morgan fingerprint density at radius 1 is 1.13 bits per heavy atom. The highest BCUT2D eigenvalue weighted by molar-refractivity contribution is 5.95. The molecule has 0 spiro atoms. The number of ether oxygens (including phenoxy) is 1. The summed E-state index contributed by atoms with van der Waals surface area (Å²) in [4.78, 5) is 29.1. The van der Waals surface area contributed by atoms with Gasteiger partial charge in [-0.05, 0) is 36.8 Å². The highest BCUT2D eigenvalue weighted by atomic mass is 19.4. The van der Waals surface area contributed by atoms with Crippen molar-refractivity contribution in [2.75, 3.05) is 33.8 Å². The van der Waals surface area contributed by atoms with E-state index in [-0.39, 0.29) is 24.9 Å². The zero-order valence-corrected chi connectivity index (χ0v) is 17.6. The number of amides is 2. The molecule has 2 aromatic rings. The number of methoxy groups -OCH3 is 1. The Morgan fingerprint density at radius 2 is 1.84 bits per heavy atom. The second kappa shape index (κ2) is 8.99. The summed E-state index contributed by atoms with van der Waals surface area (Å²) in [5, 5.41) is 0.